The molecule has 5 heteroatoms. The van der Waals surface area contributed by atoms with Crippen molar-refractivity contribution in [2.75, 3.05) is 13.1 Å². The number of alkyl halides is 1. The third-order valence-corrected chi connectivity index (χ3v) is 6.01. The molecule has 22 heavy (non-hydrogen) atoms. The molecular formula is C17H27ClN2O2. The van der Waals surface area contributed by atoms with E-state index in [2.05, 4.69) is 10.6 Å². The summed E-state index contributed by atoms with van der Waals surface area (Å²) < 4.78 is 0. The molecule has 0 spiro atoms. The second-order valence-electron chi connectivity index (χ2n) is 7.85. The standard InChI is InChI=1S/C17H27ClN2O2/c1-11(18)16(22)20-3-2-19-15(21)10-17-7-12-4-13(8-17)6-14(5-12)9-17/h11-14H,2-10H2,1H3,(H,19,21)(H,20,22). The summed E-state index contributed by atoms with van der Waals surface area (Å²) in [6.07, 6.45) is 8.67. The first-order valence-corrected chi connectivity index (χ1v) is 9.08. The summed E-state index contributed by atoms with van der Waals surface area (Å²) in [7, 11) is 0. The number of carbonyl (C=O) groups excluding carboxylic acids is 2. The van der Waals surface area contributed by atoms with Gasteiger partial charge in [-0.3, -0.25) is 9.59 Å². The van der Waals surface area contributed by atoms with Gasteiger partial charge in [0, 0.05) is 19.5 Å². The summed E-state index contributed by atoms with van der Waals surface area (Å²) in [6, 6.07) is 0. The molecule has 1 unspecified atom stereocenters. The van der Waals surface area contributed by atoms with E-state index in [1.807, 2.05) is 0 Å². The fourth-order valence-corrected chi connectivity index (χ4v) is 5.52. The number of amides is 2. The minimum atomic E-state index is -0.525. The number of nitrogens with one attached hydrogen (secondary N) is 2. The molecule has 0 aromatic rings. The Morgan fingerprint density at radius 1 is 1.05 bits per heavy atom. The smallest absolute Gasteiger partial charge is 0.237 e. The Morgan fingerprint density at radius 2 is 1.55 bits per heavy atom. The molecule has 2 amide bonds. The van der Waals surface area contributed by atoms with E-state index >= 15 is 0 Å². The molecule has 4 saturated carbocycles. The van der Waals surface area contributed by atoms with Gasteiger partial charge in [-0.05, 0) is 68.6 Å². The molecular weight excluding hydrogens is 300 g/mol. The molecule has 0 heterocycles. The fourth-order valence-electron chi connectivity index (χ4n) is 5.44. The number of rotatable bonds is 6. The summed E-state index contributed by atoms with van der Waals surface area (Å²) in [5, 5.41) is 5.14. The Labute approximate surface area is 137 Å². The fraction of sp³-hybridized carbons (Fsp3) is 0.882. The quantitative estimate of drug-likeness (QED) is 0.582. The van der Waals surface area contributed by atoms with E-state index in [1.165, 1.54) is 38.5 Å². The molecule has 4 nitrogen and oxygen atoms in total. The van der Waals surface area contributed by atoms with Crippen LogP contribution in [-0.4, -0.2) is 30.3 Å². The van der Waals surface area contributed by atoms with Gasteiger partial charge in [-0.15, -0.1) is 11.6 Å². The highest BCUT2D eigenvalue weighted by atomic mass is 35.5. The van der Waals surface area contributed by atoms with Gasteiger partial charge in [-0.2, -0.15) is 0 Å². The second-order valence-corrected chi connectivity index (χ2v) is 8.51. The summed E-state index contributed by atoms with van der Waals surface area (Å²) in [6.45, 7) is 2.57. The van der Waals surface area contributed by atoms with Crippen LogP contribution in [0.1, 0.15) is 51.9 Å². The van der Waals surface area contributed by atoms with Crippen molar-refractivity contribution in [3.63, 3.8) is 0 Å². The molecule has 4 bridgehead atoms. The van der Waals surface area contributed by atoms with Crippen LogP contribution in [0.2, 0.25) is 0 Å². The average molecular weight is 327 g/mol. The highest BCUT2D eigenvalue weighted by molar-refractivity contribution is 6.30. The van der Waals surface area contributed by atoms with E-state index in [0.29, 0.717) is 19.5 Å². The third kappa shape index (κ3) is 3.58. The van der Waals surface area contributed by atoms with Gasteiger partial charge in [0.25, 0.3) is 0 Å². The van der Waals surface area contributed by atoms with Gasteiger partial charge in [0.1, 0.15) is 5.38 Å². The van der Waals surface area contributed by atoms with Crippen molar-refractivity contribution in [3.8, 4) is 0 Å². The Morgan fingerprint density at radius 3 is 2.05 bits per heavy atom. The molecule has 4 fully saturated rings. The normalized spacial score (nSPS) is 36.9. The second kappa shape index (κ2) is 6.38. The van der Waals surface area contributed by atoms with Crippen LogP contribution in [0.5, 0.6) is 0 Å². The topological polar surface area (TPSA) is 58.2 Å². The van der Waals surface area contributed by atoms with E-state index < -0.39 is 5.38 Å². The largest absolute Gasteiger partial charge is 0.354 e. The maximum Gasteiger partial charge on any atom is 0.237 e. The van der Waals surface area contributed by atoms with Crippen molar-refractivity contribution >= 4 is 23.4 Å². The van der Waals surface area contributed by atoms with Gasteiger partial charge in [-0.25, -0.2) is 0 Å². The Balaban J connectivity index is 1.41. The zero-order valence-corrected chi connectivity index (χ0v) is 14.1. The van der Waals surface area contributed by atoms with E-state index in [9.17, 15) is 9.59 Å². The summed E-state index contributed by atoms with van der Waals surface area (Å²) in [4.78, 5) is 23.6. The van der Waals surface area contributed by atoms with Gasteiger partial charge < -0.3 is 10.6 Å². The lowest BCUT2D eigenvalue weighted by Crippen LogP contribution is -2.48. The Bertz CT molecular complexity index is 415. The van der Waals surface area contributed by atoms with E-state index in [4.69, 9.17) is 11.6 Å². The summed E-state index contributed by atoms with van der Waals surface area (Å²) >= 11 is 5.67. The monoisotopic (exact) mass is 326 g/mol. The molecule has 4 rings (SSSR count). The molecule has 0 aliphatic heterocycles. The first-order valence-electron chi connectivity index (χ1n) is 8.64. The average Bonchev–Trinajstić information content (AvgIpc) is 2.41. The lowest BCUT2D eigenvalue weighted by atomic mass is 9.49. The maximum absolute atomic E-state index is 12.3. The van der Waals surface area contributed by atoms with Crippen LogP contribution in [0.25, 0.3) is 0 Å². The summed E-state index contributed by atoms with van der Waals surface area (Å²) in [5.74, 6) is 2.60. The molecule has 0 saturated heterocycles. The van der Waals surface area contributed by atoms with E-state index in [1.54, 1.807) is 6.92 Å². The van der Waals surface area contributed by atoms with Gasteiger partial charge >= 0.3 is 0 Å². The van der Waals surface area contributed by atoms with Gasteiger partial charge in [0.2, 0.25) is 11.8 Å². The van der Waals surface area contributed by atoms with E-state index in [0.717, 1.165) is 17.8 Å². The lowest BCUT2D eigenvalue weighted by molar-refractivity contribution is -0.129. The van der Waals surface area contributed by atoms with Crippen molar-refractivity contribution in [1.29, 1.82) is 0 Å². The van der Waals surface area contributed by atoms with Crippen molar-refractivity contribution in [2.45, 2.75) is 57.2 Å². The molecule has 0 aromatic heterocycles. The molecule has 0 aromatic carbocycles. The maximum atomic E-state index is 12.3. The van der Waals surface area contributed by atoms with Gasteiger partial charge in [-0.1, -0.05) is 0 Å². The minimum absolute atomic E-state index is 0.148. The zero-order valence-electron chi connectivity index (χ0n) is 13.4. The molecule has 4 aliphatic carbocycles. The number of carbonyl (C=O) groups is 2. The van der Waals surface area contributed by atoms with Crippen LogP contribution < -0.4 is 10.6 Å². The SMILES string of the molecule is CC(Cl)C(=O)NCCNC(=O)CC12CC3CC(CC(C3)C1)C2. The predicted molar refractivity (Wildman–Crippen MR) is 86.6 cm³/mol. The van der Waals surface area contributed by atoms with E-state index in [-0.39, 0.29) is 17.2 Å². The lowest BCUT2D eigenvalue weighted by Gasteiger charge is -2.56. The molecule has 4 aliphatic rings. The van der Waals surface area contributed by atoms with Crippen LogP contribution in [0.4, 0.5) is 0 Å². The predicted octanol–water partition coefficient (Wildman–Crippen LogP) is 2.45. The van der Waals surface area contributed by atoms with Crippen LogP contribution in [0.3, 0.4) is 0 Å². The first kappa shape index (κ1) is 16.1. The zero-order chi connectivity index (χ0) is 15.7. The first-order chi connectivity index (χ1) is 10.5. The van der Waals surface area contributed by atoms with Crippen LogP contribution >= 0.6 is 11.6 Å². The number of halogens is 1. The molecule has 0 radical (unpaired) electrons. The van der Waals surface area contributed by atoms with Crippen LogP contribution in [0.15, 0.2) is 0 Å². The highest BCUT2D eigenvalue weighted by Gasteiger charge is 2.51. The van der Waals surface area contributed by atoms with Crippen molar-refractivity contribution < 1.29 is 9.59 Å². The Kier molecular flexibility index (Phi) is 4.67. The Hall–Kier alpha value is -0.770. The van der Waals surface area contributed by atoms with Crippen molar-refractivity contribution in [1.82, 2.24) is 10.6 Å². The van der Waals surface area contributed by atoms with Crippen LogP contribution in [0, 0.1) is 23.2 Å². The third-order valence-electron chi connectivity index (χ3n) is 5.81. The number of hydrogen-bond acceptors (Lipinski definition) is 2. The molecule has 1 atom stereocenters. The molecule has 124 valence electrons. The van der Waals surface area contributed by atoms with Crippen LogP contribution in [-0.2, 0) is 9.59 Å². The number of hydrogen-bond donors (Lipinski definition) is 2. The molecule has 2 N–H and O–H groups in total. The van der Waals surface area contributed by atoms with Crippen molar-refractivity contribution in [2.24, 2.45) is 23.2 Å². The van der Waals surface area contributed by atoms with Gasteiger partial charge in [0.05, 0.1) is 0 Å². The van der Waals surface area contributed by atoms with Gasteiger partial charge in [0.15, 0.2) is 0 Å². The van der Waals surface area contributed by atoms with Crippen molar-refractivity contribution in [3.05, 3.63) is 0 Å². The highest BCUT2D eigenvalue weighted by Crippen LogP contribution is 2.61. The minimum Gasteiger partial charge on any atom is -0.354 e. The summed E-state index contributed by atoms with van der Waals surface area (Å²) in [5.41, 5.74) is 0.284.